The molecule has 0 bridgehead atoms. The highest BCUT2D eigenvalue weighted by Gasteiger charge is 2.03. The molecule has 1 aromatic heterocycles. The Morgan fingerprint density at radius 3 is 2.90 bits per heavy atom. The molecule has 0 amide bonds. The minimum absolute atomic E-state index is 0.588. The number of aromatic nitrogens is 1. The van der Waals surface area contributed by atoms with Gasteiger partial charge in [-0.05, 0) is 54.4 Å². The summed E-state index contributed by atoms with van der Waals surface area (Å²) in [6.07, 6.45) is 3.54. The van der Waals surface area contributed by atoms with Gasteiger partial charge in [-0.25, -0.2) is 4.98 Å². The first-order valence-corrected chi connectivity index (χ1v) is 7.71. The van der Waals surface area contributed by atoms with E-state index in [1.165, 1.54) is 5.56 Å². The minimum atomic E-state index is 0.588. The molecule has 0 atom stereocenters. The number of halogens is 1. The molecule has 0 spiro atoms. The van der Waals surface area contributed by atoms with Crippen LogP contribution < -0.4 is 10.6 Å². The average Bonchev–Trinajstić information content (AvgIpc) is 2.48. The number of thiocarbonyl (C=S) groups is 1. The van der Waals surface area contributed by atoms with Gasteiger partial charge in [0.25, 0.3) is 0 Å². The van der Waals surface area contributed by atoms with E-state index in [4.69, 9.17) is 23.8 Å². The van der Waals surface area contributed by atoms with E-state index < -0.39 is 0 Å². The zero-order chi connectivity index (χ0) is 15.1. The molecule has 110 valence electrons. The van der Waals surface area contributed by atoms with Gasteiger partial charge < -0.3 is 10.6 Å². The third-order valence-electron chi connectivity index (χ3n) is 3.09. The number of benzene rings is 1. The molecule has 0 radical (unpaired) electrons. The maximum absolute atomic E-state index is 5.96. The summed E-state index contributed by atoms with van der Waals surface area (Å²) in [5, 5.41) is 7.68. The molecule has 0 saturated carbocycles. The summed E-state index contributed by atoms with van der Waals surface area (Å²) < 4.78 is 0. The van der Waals surface area contributed by atoms with Crippen LogP contribution in [-0.4, -0.2) is 16.6 Å². The molecule has 2 aromatic rings. The van der Waals surface area contributed by atoms with E-state index in [-0.39, 0.29) is 0 Å². The van der Waals surface area contributed by atoms with Gasteiger partial charge in [0.1, 0.15) is 5.82 Å². The largest absolute Gasteiger partial charge is 0.362 e. The first kappa shape index (κ1) is 15.7. The quantitative estimate of drug-likeness (QED) is 0.821. The first-order chi connectivity index (χ1) is 10.2. The molecule has 0 aliphatic heterocycles. The number of rotatable bonds is 5. The topological polar surface area (TPSA) is 37.0 Å². The fourth-order valence-electron chi connectivity index (χ4n) is 2.00. The summed E-state index contributed by atoms with van der Waals surface area (Å²) in [5.41, 5.74) is 2.33. The van der Waals surface area contributed by atoms with E-state index in [0.717, 1.165) is 35.8 Å². The van der Waals surface area contributed by atoms with Gasteiger partial charge in [0.05, 0.1) is 0 Å². The lowest BCUT2D eigenvalue weighted by Crippen LogP contribution is -2.30. The number of nitrogens with one attached hydrogen (secondary N) is 2. The van der Waals surface area contributed by atoms with Gasteiger partial charge >= 0.3 is 0 Å². The van der Waals surface area contributed by atoms with Crippen molar-refractivity contribution in [3.63, 3.8) is 0 Å². The van der Waals surface area contributed by atoms with Gasteiger partial charge in [0.15, 0.2) is 5.11 Å². The third kappa shape index (κ3) is 4.99. The molecule has 1 aromatic carbocycles. The van der Waals surface area contributed by atoms with Gasteiger partial charge in [-0.3, -0.25) is 0 Å². The van der Waals surface area contributed by atoms with Crippen molar-refractivity contribution >= 4 is 34.7 Å². The summed E-state index contributed by atoms with van der Waals surface area (Å²) in [6.45, 7) is 2.85. The smallest absolute Gasteiger partial charge is 0.171 e. The number of nitrogens with zero attached hydrogens (tertiary/aromatic N) is 1. The lowest BCUT2D eigenvalue weighted by molar-refractivity contribution is 0.872. The van der Waals surface area contributed by atoms with Crippen LogP contribution >= 0.6 is 23.8 Å². The highest BCUT2D eigenvalue weighted by molar-refractivity contribution is 7.80. The van der Waals surface area contributed by atoms with Gasteiger partial charge in [-0.2, -0.15) is 0 Å². The van der Waals surface area contributed by atoms with Gasteiger partial charge in [-0.1, -0.05) is 36.7 Å². The SMILES string of the molecule is CCc1cccnc1NC(=S)NCCc1cccc(Cl)c1. The predicted molar refractivity (Wildman–Crippen MR) is 93.0 cm³/mol. The Kier molecular flexibility index (Phi) is 5.96. The summed E-state index contributed by atoms with van der Waals surface area (Å²) in [4.78, 5) is 4.31. The second-order valence-corrected chi connectivity index (χ2v) is 5.47. The second-order valence-electron chi connectivity index (χ2n) is 4.63. The Hall–Kier alpha value is -1.65. The Morgan fingerprint density at radius 1 is 1.29 bits per heavy atom. The molecule has 0 unspecified atom stereocenters. The van der Waals surface area contributed by atoms with E-state index in [0.29, 0.717) is 5.11 Å². The number of anilines is 1. The predicted octanol–water partition coefficient (Wildman–Crippen LogP) is 3.83. The van der Waals surface area contributed by atoms with E-state index >= 15 is 0 Å². The highest BCUT2D eigenvalue weighted by Crippen LogP contribution is 2.12. The molecule has 21 heavy (non-hydrogen) atoms. The fraction of sp³-hybridized carbons (Fsp3) is 0.250. The van der Waals surface area contributed by atoms with E-state index in [2.05, 4.69) is 28.6 Å². The fourth-order valence-corrected chi connectivity index (χ4v) is 2.41. The molecule has 0 saturated heterocycles. The zero-order valence-corrected chi connectivity index (χ0v) is 13.5. The molecule has 2 N–H and O–H groups in total. The number of hydrogen-bond donors (Lipinski definition) is 2. The minimum Gasteiger partial charge on any atom is -0.362 e. The van der Waals surface area contributed by atoms with Crippen molar-refractivity contribution < 1.29 is 0 Å². The van der Waals surface area contributed by atoms with Crippen molar-refractivity contribution in [1.29, 1.82) is 0 Å². The molecule has 1 heterocycles. The molecule has 0 aliphatic rings. The Bertz CT molecular complexity index is 616. The third-order valence-corrected chi connectivity index (χ3v) is 3.57. The Morgan fingerprint density at radius 2 is 2.14 bits per heavy atom. The lowest BCUT2D eigenvalue weighted by Gasteiger charge is -2.12. The van der Waals surface area contributed by atoms with Crippen LogP contribution in [0.25, 0.3) is 0 Å². The van der Waals surface area contributed by atoms with Crippen LogP contribution in [0.5, 0.6) is 0 Å². The maximum Gasteiger partial charge on any atom is 0.171 e. The van der Waals surface area contributed by atoms with Crippen LogP contribution in [0.2, 0.25) is 5.02 Å². The highest BCUT2D eigenvalue weighted by atomic mass is 35.5. The van der Waals surface area contributed by atoms with Crippen molar-refractivity contribution in [2.24, 2.45) is 0 Å². The number of hydrogen-bond acceptors (Lipinski definition) is 2. The van der Waals surface area contributed by atoms with Crippen LogP contribution in [0.3, 0.4) is 0 Å². The summed E-state index contributed by atoms with van der Waals surface area (Å²) in [7, 11) is 0. The molecule has 0 fully saturated rings. The van der Waals surface area contributed by atoms with Crippen molar-refractivity contribution in [3.8, 4) is 0 Å². The normalized spacial score (nSPS) is 10.2. The Labute approximate surface area is 135 Å². The zero-order valence-electron chi connectivity index (χ0n) is 11.9. The standard InChI is InChI=1S/C16H18ClN3S/c1-2-13-6-4-9-18-15(13)20-16(21)19-10-8-12-5-3-7-14(17)11-12/h3-7,9,11H,2,8,10H2,1H3,(H2,18,19,20,21). The van der Waals surface area contributed by atoms with Crippen molar-refractivity contribution in [2.75, 3.05) is 11.9 Å². The van der Waals surface area contributed by atoms with Crippen LogP contribution in [0.15, 0.2) is 42.6 Å². The lowest BCUT2D eigenvalue weighted by atomic mass is 10.1. The molecule has 2 rings (SSSR count). The first-order valence-electron chi connectivity index (χ1n) is 6.92. The molecular weight excluding hydrogens is 302 g/mol. The summed E-state index contributed by atoms with van der Waals surface area (Å²) >= 11 is 11.3. The Balaban J connectivity index is 1.82. The van der Waals surface area contributed by atoms with Crippen molar-refractivity contribution in [1.82, 2.24) is 10.3 Å². The van der Waals surface area contributed by atoms with Crippen LogP contribution in [0.1, 0.15) is 18.1 Å². The van der Waals surface area contributed by atoms with Gasteiger partial charge in [0, 0.05) is 17.8 Å². The molecule has 0 aliphatic carbocycles. The molecule has 5 heteroatoms. The maximum atomic E-state index is 5.96. The van der Waals surface area contributed by atoms with Gasteiger partial charge in [0.2, 0.25) is 0 Å². The van der Waals surface area contributed by atoms with Crippen molar-refractivity contribution in [3.05, 3.63) is 58.7 Å². The average molecular weight is 320 g/mol. The molecule has 3 nitrogen and oxygen atoms in total. The van der Waals surface area contributed by atoms with E-state index in [1.54, 1.807) is 6.20 Å². The van der Waals surface area contributed by atoms with Crippen LogP contribution in [-0.2, 0) is 12.8 Å². The second kappa shape index (κ2) is 7.96. The van der Waals surface area contributed by atoms with E-state index in [1.807, 2.05) is 30.3 Å². The summed E-state index contributed by atoms with van der Waals surface area (Å²) in [5.74, 6) is 0.820. The van der Waals surface area contributed by atoms with Crippen LogP contribution in [0, 0.1) is 0 Å². The van der Waals surface area contributed by atoms with Crippen molar-refractivity contribution in [2.45, 2.75) is 19.8 Å². The summed E-state index contributed by atoms with van der Waals surface area (Å²) in [6, 6.07) is 11.8. The van der Waals surface area contributed by atoms with Crippen LogP contribution in [0.4, 0.5) is 5.82 Å². The number of pyridine rings is 1. The van der Waals surface area contributed by atoms with Gasteiger partial charge in [-0.15, -0.1) is 0 Å². The molecular formula is C16H18ClN3S. The number of aryl methyl sites for hydroxylation is 1. The monoisotopic (exact) mass is 319 g/mol. The van der Waals surface area contributed by atoms with E-state index in [9.17, 15) is 0 Å².